The fourth-order valence-electron chi connectivity index (χ4n) is 2.24. The number of hydrogen-bond donors (Lipinski definition) is 1. The first kappa shape index (κ1) is 10.8. The van der Waals surface area contributed by atoms with Gasteiger partial charge in [-0.3, -0.25) is 4.68 Å². The lowest BCUT2D eigenvalue weighted by Crippen LogP contribution is -1.88. The average Bonchev–Trinajstić information content (AvgIpc) is 2.68. The van der Waals surface area contributed by atoms with Crippen LogP contribution in [-0.2, 0) is 7.05 Å². The zero-order valence-corrected chi connectivity index (χ0v) is 10.5. The molecule has 90 valence electrons. The van der Waals surface area contributed by atoms with Crippen molar-refractivity contribution >= 4 is 16.5 Å². The molecule has 0 saturated carbocycles. The second kappa shape index (κ2) is 3.88. The number of rotatable bonds is 1. The number of anilines is 1. The van der Waals surface area contributed by atoms with Crippen LogP contribution >= 0.6 is 0 Å². The predicted octanol–water partition coefficient (Wildman–Crippen LogP) is 3.13. The predicted molar refractivity (Wildman–Crippen MR) is 75.3 cm³/mol. The first-order chi connectivity index (χ1) is 8.63. The monoisotopic (exact) mass is 237 g/mol. The van der Waals surface area contributed by atoms with Crippen molar-refractivity contribution < 1.29 is 0 Å². The first-order valence-electron chi connectivity index (χ1n) is 5.93. The van der Waals surface area contributed by atoms with E-state index >= 15 is 0 Å². The molecule has 2 N–H and O–H groups in total. The third-order valence-electron chi connectivity index (χ3n) is 3.13. The molecule has 0 unspecified atom stereocenters. The van der Waals surface area contributed by atoms with Crippen molar-refractivity contribution in [3.05, 3.63) is 48.2 Å². The molecule has 0 spiro atoms. The van der Waals surface area contributed by atoms with Crippen LogP contribution in [0.4, 0.5) is 5.69 Å². The molecule has 0 fully saturated rings. The number of aromatic nitrogens is 2. The summed E-state index contributed by atoms with van der Waals surface area (Å²) in [4.78, 5) is 0. The molecule has 0 atom stereocenters. The van der Waals surface area contributed by atoms with Crippen molar-refractivity contribution in [1.82, 2.24) is 9.78 Å². The number of aryl methyl sites for hydroxylation is 2. The minimum absolute atomic E-state index is 0.712. The molecule has 3 rings (SSSR count). The number of nitrogen functional groups attached to an aromatic ring is 1. The van der Waals surface area contributed by atoms with E-state index in [1.165, 1.54) is 16.3 Å². The lowest BCUT2D eigenvalue weighted by molar-refractivity contribution is 0.771. The molecular formula is C15H15N3. The van der Waals surface area contributed by atoms with Crippen LogP contribution < -0.4 is 5.73 Å². The zero-order chi connectivity index (χ0) is 12.7. The summed E-state index contributed by atoms with van der Waals surface area (Å²) in [7, 11) is 1.88. The van der Waals surface area contributed by atoms with Crippen LogP contribution in [0.1, 0.15) is 5.56 Å². The Bertz CT molecular complexity index is 726. The lowest BCUT2D eigenvalue weighted by Gasteiger charge is -2.03. The standard InChI is InChI=1S/C15H15N3/c1-10-3-4-12-8-13(6-5-11(12)7-10)15-14(16)9-18(2)17-15/h3-9H,16H2,1-2H3. The van der Waals surface area contributed by atoms with Crippen molar-refractivity contribution in [1.29, 1.82) is 0 Å². The van der Waals surface area contributed by atoms with Gasteiger partial charge in [0.05, 0.1) is 5.69 Å². The Hall–Kier alpha value is -2.29. The fourth-order valence-corrected chi connectivity index (χ4v) is 2.24. The molecule has 0 amide bonds. The summed E-state index contributed by atoms with van der Waals surface area (Å²) >= 11 is 0. The molecule has 1 heterocycles. The highest BCUT2D eigenvalue weighted by atomic mass is 15.3. The number of benzene rings is 2. The van der Waals surface area contributed by atoms with Crippen molar-refractivity contribution in [3.8, 4) is 11.3 Å². The van der Waals surface area contributed by atoms with Crippen molar-refractivity contribution in [2.24, 2.45) is 7.05 Å². The molecule has 0 aliphatic heterocycles. The van der Waals surface area contributed by atoms with Gasteiger partial charge >= 0.3 is 0 Å². The maximum atomic E-state index is 5.96. The first-order valence-corrected chi connectivity index (χ1v) is 5.93. The Labute approximate surface area is 106 Å². The van der Waals surface area contributed by atoms with Crippen LogP contribution in [-0.4, -0.2) is 9.78 Å². The molecule has 3 nitrogen and oxygen atoms in total. The summed E-state index contributed by atoms with van der Waals surface area (Å²) in [6.07, 6.45) is 1.83. The van der Waals surface area contributed by atoms with Gasteiger partial charge in [-0.15, -0.1) is 0 Å². The quantitative estimate of drug-likeness (QED) is 0.706. The summed E-state index contributed by atoms with van der Waals surface area (Å²) in [5, 5.41) is 6.85. The van der Waals surface area contributed by atoms with Gasteiger partial charge in [-0.25, -0.2) is 0 Å². The van der Waals surface area contributed by atoms with Gasteiger partial charge in [0.25, 0.3) is 0 Å². The normalized spacial score (nSPS) is 11.0. The van der Waals surface area contributed by atoms with Gasteiger partial charge in [-0.05, 0) is 23.8 Å². The van der Waals surface area contributed by atoms with Crippen LogP contribution in [0.3, 0.4) is 0 Å². The highest BCUT2D eigenvalue weighted by Gasteiger charge is 2.07. The molecule has 0 aliphatic rings. The van der Waals surface area contributed by atoms with E-state index < -0.39 is 0 Å². The maximum Gasteiger partial charge on any atom is 0.115 e. The highest BCUT2D eigenvalue weighted by molar-refractivity contribution is 5.88. The van der Waals surface area contributed by atoms with Crippen molar-refractivity contribution in [2.75, 3.05) is 5.73 Å². The van der Waals surface area contributed by atoms with E-state index in [-0.39, 0.29) is 0 Å². The molecule has 1 aromatic heterocycles. The molecule has 3 heteroatoms. The van der Waals surface area contributed by atoms with Crippen molar-refractivity contribution in [3.63, 3.8) is 0 Å². The summed E-state index contributed by atoms with van der Waals surface area (Å²) in [5.41, 5.74) is 9.85. The molecule has 0 aliphatic carbocycles. The Morgan fingerprint density at radius 1 is 1.06 bits per heavy atom. The molecule has 3 aromatic rings. The topological polar surface area (TPSA) is 43.8 Å². The van der Waals surface area contributed by atoms with Gasteiger partial charge in [0.1, 0.15) is 5.69 Å². The van der Waals surface area contributed by atoms with Crippen LogP contribution in [0.25, 0.3) is 22.0 Å². The molecule has 0 saturated heterocycles. The minimum atomic E-state index is 0.712. The van der Waals surface area contributed by atoms with Gasteiger partial charge in [-0.1, -0.05) is 35.9 Å². The Morgan fingerprint density at radius 2 is 1.78 bits per heavy atom. The van der Waals surface area contributed by atoms with E-state index in [2.05, 4.69) is 48.4 Å². The number of nitrogens with two attached hydrogens (primary N) is 1. The summed E-state index contributed by atoms with van der Waals surface area (Å²) in [6.45, 7) is 2.10. The molecule has 0 radical (unpaired) electrons. The van der Waals surface area contributed by atoms with Gasteiger partial charge in [-0.2, -0.15) is 5.10 Å². The van der Waals surface area contributed by atoms with E-state index in [4.69, 9.17) is 5.73 Å². The smallest absolute Gasteiger partial charge is 0.115 e. The zero-order valence-electron chi connectivity index (χ0n) is 10.5. The fraction of sp³-hybridized carbons (Fsp3) is 0.133. The molecule has 18 heavy (non-hydrogen) atoms. The largest absolute Gasteiger partial charge is 0.396 e. The maximum absolute atomic E-state index is 5.96. The van der Waals surface area contributed by atoms with Crippen LogP contribution in [0.2, 0.25) is 0 Å². The Morgan fingerprint density at radius 3 is 2.50 bits per heavy atom. The molecule has 0 bridgehead atoms. The van der Waals surface area contributed by atoms with Crippen LogP contribution in [0.5, 0.6) is 0 Å². The van der Waals surface area contributed by atoms with Gasteiger partial charge < -0.3 is 5.73 Å². The van der Waals surface area contributed by atoms with E-state index in [0.29, 0.717) is 5.69 Å². The highest BCUT2D eigenvalue weighted by Crippen LogP contribution is 2.27. The van der Waals surface area contributed by atoms with Crippen LogP contribution in [0.15, 0.2) is 42.6 Å². The Kier molecular flexibility index (Phi) is 2.33. The summed E-state index contributed by atoms with van der Waals surface area (Å²) in [6, 6.07) is 12.8. The van der Waals surface area contributed by atoms with E-state index in [1.807, 2.05) is 13.2 Å². The number of hydrogen-bond acceptors (Lipinski definition) is 2. The number of nitrogens with zero attached hydrogens (tertiary/aromatic N) is 2. The second-order valence-electron chi connectivity index (χ2n) is 4.67. The van der Waals surface area contributed by atoms with E-state index in [0.717, 1.165) is 11.3 Å². The average molecular weight is 237 g/mol. The summed E-state index contributed by atoms with van der Waals surface area (Å²) < 4.78 is 1.74. The van der Waals surface area contributed by atoms with Crippen molar-refractivity contribution in [2.45, 2.75) is 6.92 Å². The van der Waals surface area contributed by atoms with E-state index in [9.17, 15) is 0 Å². The third kappa shape index (κ3) is 1.74. The Balaban J connectivity index is 2.19. The summed E-state index contributed by atoms with van der Waals surface area (Å²) in [5.74, 6) is 0. The molecule has 2 aromatic carbocycles. The second-order valence-corrected chi connectivity index (χ2v) is 4.67. The SMILES string of the molecule is Cc1ccc2cc(-c3nn(C)cc3N)ccc2c1. The third-order valence-corrected chi connectivity index (χ3v) is 3.13. The van der Waals surface area contributed by atoms with Crippen LogP contribution in [0, 0.1) is 6.92 Å². The lowest BCUT2D eigenvalue weighted by atomic mass is 10.0. The van der Waals surface area contributed by atoms with E-state index in [1.54, 1.807) is 4.68 Å². The minimum Gasteiger partial charge on any atom is -0.396 e. The van der Waals surface area contributed by atoms with Gasteiger partial charge in [0.2, 0.25) is 0 Å². The van der Waals surface area contributed by atoms with Gasteiger partial charge in [0.15, 0.2) is 0 Å². The number of fused-ring (bicyclic) bond motifs is 1. The molecular weight excluding hydrogens is 222 g/mol. The van der Waals surface area contributed by atoms with Gasteiger partial charge in [0, 0.05) is 18.8 Å².